The van der Waals surface area contributed by atoms with Crippen molar-refractivity contribution in [1.29, 1.82) is 0 Å². The summed E-state index contributed by atoms with van der Waals surface area (Å²) in [5.74, 6) is 1.54. The van der Waals surface area contributed by atoms with Crippen LogP contribution in [0.3, 0.4) is 0 Å². The van der Waals surface area contributed by atoms with Gasteiger partial charge >= 0.3 is 0 Å². The highest BCUT2D eigenvalue weighted by Gasteiger charge is 2.22. The summed E-state index contributed by atoms with van der Waals surface area (Å²) in [7, 11) is 0. The minimum absolute atomic E-state index is 0.420. The van der Waals surface area contributed by atoms with Gasteiger partial charge in [0.05, 0.1) is 19.8 Å². The molecule has 0 N–H and O–H groups in total. The van der Waals surface area contributed by atoms with E-state index in [0.717, 1.165) is 44.2 Å². The molecule has 6 nitrogen and oxygen atoms in total. The monoisotopic (exact) mass is 349 g/mol. The molecule has 0 bridgehead atoms. The van der Waals surface area contributed by atoms with Crippen LogP contribution in [0, 0.1) is 5.92 Å². The van der Waals surface area contributed by atoms with Gasteiger partial charge in [0.25, 0.3) is 0 Å². The average Bonchev–Trinajstić information content (AvgIpc) is 3.03. The van der Waals surface area contributed by atoms with Gasteiger partial charge < -0.3 is 9.30 Å². The number of ether oxygens (including phenoxy) is 1. The number of nitrogens with zero attached hydrogens (tertiary/aromatic N) is 5. The van der Waals surface area contributed by atoms with E-state index in [9.17, 15) is 0 Å². The lowest BCUT2D eigenvalue weighted by Gasteiger charge is -2.23. The van der Waals surface area contributed by atoms with Crippen LogP contribution in [0.5, 0.6) is 0 Å². The first-order valence-electron chi connectivity index (χ1n) is 8.95. The Morgan fingerprint density at radius 1 is 1.00 bits per heavy atom. The molecular weight excluding hydrogens is 326 g/mol. The molecule has 1 aliphatic rings. The van der Waals surface area contributed by atoms with Gasteiger partial charge in [-0.25, -0.2) is 4.98 Å². The van der Waals surface area contributed by atoms with E-state index >= 15 is 0 Å². The van der Waals surface area contributed by atoms with Crippen molar-refractivity contribution in [2.45, 2.75) is 26.2 Å². The van der Waals surface area contributed by atoms with Crippen molar-refractivity contribution in [1.82, 2.24) is 24.4 Å². The van der Waals surface area contributed by atoms with Crippen LogP contribution in [0.25, 0.3) is 0 Å². The van der Waals surface area contributed by atoms with Crippen molar-refractivity contribution >= 4 is 0 Å². The van der Waals surface area contributed by atoms with Gasteiger partial charge in [-0.05, 0) is 29.3 Å². The Morgan fingerprint density at radius 2 is 1.92 bits per heavy atom. The average molecular weight is 349 g/mol. The molecule has 4 heterocycles. The molecular formula is C20H23N5O. The van der Waals surface area contributed by atoms with Gasteiger partial charge in [0, 0.05) is 62.7 Å². The summed E-state index contributed by atoms with van der Waals surface area (Å²) >= 11 is 0. The van der Waals surface area contributed by atoms with Gasteiger partial charge in [-0.15, -0.1) is 0 Å². The van der Waals surface area contributed by atoms with E-state index in [1.54, 1.807) is 6.20 Å². The third-order valence-electron chi connectivity index (χ3n) is 4.64. The minimum Gasteiger partial charge on any atom is -0.376 e. The van der Waals surface area contributed by atoms with Gasteiger partial charge in [0.2, 0.25) is 0 Å². The Bertz CT molecular complexity index is 805. The van der Waals surface area contributed by atoms with E-state index in [0.29, 0.717) is 12.5 Å². The van der Waals surface area contributed by atoms with Crippen LogP contribution in [-0.2, 0) is 31.0 Å². The summed E-state index contributed by atoms with van der Waals surface area (Å²) in [6.07, 6.45) is 11.3. The molecule has 4 rings (SSSR count). The number of pyridine rings is 2. The lowest BCUT2D eigenvalue weighted by Crippen LogP contribution is -2.30. The van der Waals surface area contributed by atoms with Crippen LogP contribution in [0.15, 0.2) is 61.4 Å². The van der Waals surface area contributed by atoms with Crippen LogP contribution in [0.1, 0.15) is 17.0 Å². The van der Waals surface area contributed by atoms with Gasteiger partial charge in [-0.3, -0.25) is 14.9 Å². The summed E-state index contributed by atoms with van der Waals surface area (Å²) in [4.78, 5) is 15.2. The molecule has 0 aromatic carbocycles. The van der Waals surface area contributed by atoms with Crippen molar-refractivity contribution in [2.24, 2.45) is 5.92 Å². The predicted molar refractivity (Wildman–Crippen MR) is 98.0 cm³/mol. The fraction of sp³-hybridized carbons (Fsp3) is 0.350. The molecule has 26 heavy (non-hydrogen) atoms. The van der Waals surface area contributed by atoms with E-state index in [4.69, 9.17) is 4.74 Å². The molecule has 0 unspecified atom stereocenters. The van der Waals surface area contributed by atoms with Crippen LogP contribution in [0.4, 0.5) is 0 Å². The number of fused-ring (bicyclic) bond motifs is 1. The summed E-state index contributed by atoms with van der Waals surface area (Å²) in [5.41, 5.74) is 2.38. The molecule has 1 atom stereocenters. The summed E-state index contributed by atoms with van der Waals surface area (Å²) in [6.45, 7) is 5.00. The molecule has 134 valence electrons. The Morgan fingerprint density at radius 3 is 2.77 bits per heavy atom. The maximum absolute atomic E-state index is 5.99. The van der Waals surface area contributed by atoms with Crippen LogP contribution in [-0.4, -0.2) is 37.6 Å². The Hall–Kier alpha value is -2.57. The zero-order chi connectivity index (χ0) is 17.6. The van der Waals surface area contributed by atoms with Crippen molar-refractivity contribution < 1.29 is 4.74 Å². The summed E-state index contributed by atoms with van der Waals surface area (Å²) < 4.78 is 8.25. The zero-order valence-electron chi connectivity index (χ0n) is 14.7. The standard InChI is InChI=1S/C20H23N5O/c1-2-18(10-22-5-1)15-26-16-19-12-24(11-17-3-6-21-7-4-17)14-20-23-8-9-25(20)13-19/h1-10,19H,11-16H2/t19-/m0/s1. The highest BCUT2D eigenvalue weighted by atomic mass is 16.5. The van der Waals surface area contributed by atoms with E-state index < -0.39 is 0 Å². The van der Waals surface area contributed by atoms with Gasteiger partial charge in [0.15, 0.2) is 0 Å². The molecule has 0 aliphatic carbocycles. The van der Waals surface area contributed by atoms with E-state index in [2.05, 4.69) is 42.7 Å². The van der Waals surface area contributed by atoms with Crippen molar-refractivity contribution in [3.63, 3.8) is 0 Å². The van der Waals surface area contributed by atoms with Gasteiger partial charge in [-0.2, -0.15) is 0 Å². The molecule has 3 aromatic rings. The normalized spacial score (nSPS) is 17.6. The zero-order valence-corrected chi connectivity index (χ0v) is 14.7. The summed E-state index contributed by atoms with van der Waals surface area (Å²) in [6, 6.07) is 8.14. The second-order valence-electron chi connectivity index (χ2n) is 6.76. The highest BCUT2D eigenvalue weighted by molar-refractivity contribution is 5.10. The second-order valence-corrected chi connectivity index (χ2v) is 6.76. The molecule has 0 saturated carbocycles. The number of hydrogen-bond acceptors (Lipinski definition) is 5. The number of aromatic nitrogens is 4. The third kappa shape index (κ3) is 4.33. The first-order chi connectivity index (χ1) is 12.9. The van der Waals surface area contributed by atoms with Crippen LogP contribution < -0.4 is 0 Å². The maximum atomic E-state index is 5.99. The highest BCUT2D eigenvalue weighted by Crippen LogP contribution is 2.18. The molecule has 0 fully saturated rings. The van der Waals surface area contributed by atoms with Gasteiger partial charge in [-0.1, -0.05) is 6.07 Å². The SMILES string of the molecule is c1cncc(COC[C@H]2CN(Cc3ccncc3)Cc3nccn3C2)c1. The number of rotatable bonds is 6. The van der Waals surface area contributed by atoms with E-state index in [1.807, 2.05) is 36.9 Å². The van der Waals surface area contributed by atoms with Crippen molar-refractivity contribution in [3.05, 3.63) is 78.4 Å². The Kier molecular flexibility index (Phi) is 5.33. The molecule has 0 amide bonds. The van der Waals surface area contributed by atoms with Crippen LogP contribution >= 0.6 is 0 Å². The fourth-order valence-electron chi connectivity index (χ4n) is 3.42. The maximum Gasteiger partial charge on any atom is 0.122 e. The third-order valence-corrected chi connectivity index (χ3v) is 4.64. The quantitative estimate of drug-likeness (QED) is 0.684. The Balaban J connectivity index is 1.40. The van der Waals surface area contributed by atoms with Crippen molar-refractivity contribution in [2.75, 3.05) is 13.2 Å². The second kappa shape index (κ2) is 8.21. The molecule has 0 spiro atoms. The van der Waals surface area contributed by atoms with E-state index in [-0.39, 0.29) is 0 Å². The first-order valence-corrected chi connectivity index (χ1v) is 8.95. The topological polar surface area (TPSA) is 56.1 Å². The Labute approximate surface area is 153 Å². The smallest absolute Gasteiger partial charge is 0.122 e. The molecule has 0 radical (unpaired) electrons. The number of hydrogen-bond donors (Lipinski definition) is 0. The lowest BCUT2D eigenvalue weighted by molar-refractivity contribution is 0.0664. The fourth-order valence-corrected chi connectivity index (χ4v) is 3.42. The molecule has 6 heteroatoms. The molecule has 1 aliphatic heterocycles. The van der Waals surface area contributed by atoms with Crippen LogP contribution in [0.2, 0.25) is 0 Å². The van der Waals surface area contributed by atoms with E-state index in [1.165, 1.54) is 5.56 Å². The lowest BCUT2D eigenvalue weighted by atomic mass is 10.1. The molecule has 0 saturated heterocycles. The molecule has 3 aromatic heterocycles. The first kappa shape index (κ1) is 16.9. The van der Waals surface area contributed by atoms with Gasteiger partial charge in [0.1, 0.15) is 5.82 Å². The summed E-state index contributed by atoms with van der Waals surface area (Å²) in [5, 5.41) is 0. The minimum atomic E-state index is 0.420. The van der Waals surface area contributed by atoms with Crippen molar-refractivity contribution in [3.8, 4) is 0 Å². The number of imidazole rings is 1. The predicted octanol–water partition coefficient (Wildman–Crippen LogP) is 2.52. The largest absolute Gasteiger partial charge is 0.376 e.